The second kappa shape index (κ2) is 7.01. The number of amides is 1. The maximum Gasteiger partial charge on any atom is 0.573 e. The molecule has 1 aromatic carbocycles. The minimum atomic E-state index is -4.66. The van der Waals surface area contributed by atoms with Crippen molar-refractivity contribution in [3.8, 4) is 5.75 Å². The Kier molecular flexibility index (Phi) is 4.99. The molecule has 4 nitrogen and oxygen atoms in total. The molecule has 1 unspecified atom stereocenters. The number of rotatable bonds is 4. The van der Waals surface area contributed by atoms with Crippen LogP contribution < -0.4 is 4.74 Å². The van der Waals surface area contributed by atoms with E-state index in [0.29, 0.717) is 13.0 Å². The fourth-order valence-electron chi connectivity index (χ4n) is 3.54. The lowest BCUT2D eigenvalue weighted by Gasteiger charge is -2.37. The van der Waals surface area contributed by atoms with Crippen LogP contribution in [0.25, 0.3) is 0 Å². The van der Waals surface area contributed by atoms with Crippen LogP contribution in [-0.4, -0.2) is 47.7 Å². The first kappa shape index (κ1) is 17.1. The van der Waals surface area contributed by atoms with Crippen LogP contribution in [0, 0.1) is 0 Å². The zero-order chi connectivity index (χ0) is 17.2. The third kappa shape index (κ3) is 4.41. The number of benzene rings is 1. The number of likely N-dealkylation sites (tertiary alicyclic amines) is 2. The summed E-state index contributed by atoms with van der Waals surface area (Å²) in [7, 11) is 0. The third-order valence-electron chi connectivity index (χ3n) is 4.59. The van der Waals surface area contributed by atoms with E-state index in [1.165, 1.54) is 12.1 Å². The van der Waals surface area contributed by atoms with E-state index in [1.54, 1.807) is 12.1 Å². The largest absolute Gasteiger partial charge is 0.573 e. The predicted octanol–water partition coefficient (Wildman–Crippen LogP) is 3.17. The van der Waals surface area contributed by atoms with Gasteiger partial charge in [-0.15, -0.1) is 13.2 Å². The highest BCUT2D eigenvalue weighted by Gasteiger charge is 2.32. The maximum atomic E-state index is 12.2. The minimum absolute atomic E-state index is 0.203. The monoisotopic (exact) mass is 342 g/mol. The molecular weight excluding hydrogens is 321 g/mol. The highest BCUT2D eigenvalue weighted by molar-refractivity contribution is 5.78. The molecule has 7 heteroatoms. The van der Waals surface area contributed by atoms with Crippen molar-refractivity contribution in [3.05, 3.63) is 29.8 Å². The van der Waals surface area contributed by atoms with Gasteiger partial charge in [-0.25, -0.2) is 0 Å². The molecular formula is C17H21F3N2O2. The third-order valence-corrected chi connectivity index (χ3v) is 4.59. The van der Waals surface area contributed by atoms with Crippen molar-refractivity contribution >= 4 is 5.91 Å². The van der Waals surface area contributed by atoms with E-state index in [4.69, 9.17) is 0 Å². The number of alkyl halides is 3. The molecule has 2 heterocycles. The second-order valence-electron chi connectivity index (χ2n) is 6.41. The molecule has 2 aliphatic heterocycles. The Hall–Kier alpha value is -1.76. The predicted molar refractivity (Wildman–Crippen MR) is 82.4 cm³/mol. The lowest BCUT2D eigenvalue weighted by molar-refractivity contribution is -0.274. The van der Waals surface area contributed by atoms with E-state index < -0.39 is 6.36 Å². The number of hydrogen-bond donors (Lipinski definition) is 0. The molecule has 0 N–H and O–H groups in total. The summed E-state index contributed by atoms with van der Waals surface area (Å²) in [6.07, 6.45) is -1.01. The number of carbonyl (C=O) groups is 1. The first-order valence-electron chi connectivity index (χ1n) is 8.27. The minimum Gasteiger partial charge on any atom is -0.406 e. The van der Waals surface area contributed by atoms with E-state index >= 15 is 0 Å². The lowest BCUT2D eigenvalue weighted by atomic mass is 10.0. The molecule has 0 bridgehead atoms. The number of hydrogen-bond acceptors (Lipinski definition) is 3. The Balaban J connectivity index is 1.56. The van der Waals surface area contributed by atoms with Gasteiger partial charge in [0.25, 0.3) is 0 Å². The number of nitrogens with zero attached hydrogens (tertiary/aromatic N) is 2. The molecule has 0 spiro atoms. The quantitative estimate of drug-likeness (QED) is 0.843. The molecule has 2 aliphatic rings. The number of carbonyl (C=O) groups excluding carboxylic acids is 1. The van der Waals surface area contributed by atoms with Crippen molar-refractivity contribution in [1.29, 1.82) is 0 Å². The smallest absolute Gasteiger partial charge is 0.406 e. The van der Waals surface area contributed by atoms with E-state index in [2.05, 4.69) is 9.64 Å². The van der Waals surface area contributed by atoms with Crippen LogP contribution in [0.5, 0.6) is 5.75 Å². The van der Waals surface area contributed by atoms with E-state index in [9.17, 15) is 18.0 Å². The SMILES string of the molecule is O=C1CCCN1C1CCCN(Cc2ccc(OC(F)(F)F)cc2)C1. The van der Waals surface area contributed by atoms with Gasteiger partial charge in [-0.2, -0.15) is 0 Å². The van der Waals surface area contributed by atoms with Crippen LogP contribution in [-0.2, 0) is 11.3 Å². The molecule has 132 valence electrons. The molecule has 24 heavy (non-hydrogen) atoms. The Morgan fingerprint density at radius 3 is 2.50 bits per heavy atom. The summed E-state index contributed by atoms with van der Waals surface area (Å²) >= 11 is 0. The normalized spacial score (nSPS) is 22.9. The molecule has 1 atom stereocenters. The first-order valence-corrected chi connectivity index (χ1v) is 8.27. The Bertz CT molecular complexity index is 574. The Morgan fingerprint density at radius 1 is 1.12 bits per heavy atom. The highest BCUT2D eigenvalue weighted by Crippen LogP contribution is 2.25. The van der Waals surface area contributed by atoms with Crippen LogP contribution in [0.2, 0.25) is 0 Å². The zero-order valence-corrected chi connectivity index (χ0v) is 13.4. The number of ether oxygens (including phenoxy) is 1. The molecule has 1 aromatic rings. The highest BCUT2D eigenvalue weighted by atomic mass is 19.4. The maximum absolute atomic E-state index is 12.2. The van der Waals surface area contributed by atoms with Crippen LogP contribution in [0.4, 0.5) is 13.2 Å². The van der Waals surface area contributed by atoms with Gasteiger partial charge in [0.1, 0.15) is 5.75 Å². The van der Waals surface area contributed by atoms with E-state index in [0.717, 1.165) is 44.5 Å². The molecule has 2 fully saturated rings. The first-order chi connectivity index (χ1) is 11.4. The molecule has 0 radical (unpaired) electrons. The number of piperidine rings is 1. The summed E-state index contributed by atoms with van der Waals surface area (Å²) in [4.78, 5) is 16.1. The van der Waals surface area contributed by atoms with Crippen molar-refractivity contribution in [1.82, 2.24) is 9.80 Å². The lowest BCUT2D eigenvalue weighted by Crippen LogP contribution is -2.48. The Morgan fingerprint density at radius 2 is 1.88 bits per heavy atom. The molecule has 0 saturated carbocycles. The summed E-state index contributed by atoms with van der Waals surface area (Å²) in [5.41, 5.74) is 0.943. The molecule has 3 rings (SSSR count). The fourth-order valence-corrected chi connectivity index (χ4v) is 3.54. The van der Waals surface area contributed by atoms with Crippen LogP contribution >= 0.6 is 0 Å². The zero-order valence-electron chi connectivity index (χ0n) is 13.4. The van der Waals surface area contributed by atoms with Gasteiger partial charge < -0.3 is 9.64 Å². The van der Waals surface area contributed by atoms with Gasteiger partial charge in [0.05, 0.1) is 0 Å². The molecule has 0 aromatic heterocycles. The van der Waals surface area contributed by atoms with Gasteiger partial charge in [0, 0.05) is 32.1 Å². The molecule has 1 amide bonds. The van der Waals surface area contributed by atoms with Gasteiger partial charge in [-0.1, -0.05) is 12.1 Å². The molecule has 2 saturated heterocycles. The van der Waals surface area contributed by atoms with Crippen molar-refractivity contribution in [2.75, 3.05) is 19.6 Å². The van der Waals surface area contributed by atoms with E-state index in [-0.39, 0.29) is 17.7 Å². The van der Waals surface area contributed by atoms with Crippen molar-refractivity contribution in [3.63, 3.8) is 0 Å². The summed E-state index contributed by atoms with van der Waals surface area (Å²) in [5.74, 6) is 0.0425. The Labute approximate surface area is 139 Å². The van der Waals surface area contributed by atoms with Gasteiger partial charge in [0.15, 0.2) is 0 Å². The summed E-state index contributed by atoms with van der Waals surface area (Å²) in [6.45, 7) is 3.29. The van der Waals surface area contributed by atoms with Crippen molar-refractivity contribution in [2.45, 2.75) is 44.6 Å². The summed E-state index contributed by atoms with van der Waals surface area (Å²) in [5, 5.41) is 0. The topological polar surface area (TPSA) is 32.8 Å². The van der Waals surface area contributed by atoms with Crippen molar-refractivity contribution in [2.24, 2.45) is 0 Å². The average Bonchev–Trinajstić information content (AvgIpc) is 2.94. The van der Waals surface area contributed by atoms with Gasteiger partial charge in [-0.3, -0.25) is 9.69 Å². The fraction of sp³-hybridized carbons (Fsp3) is 0.588. The second-order valence-corrected chi connectivity index (χ2v) is 6.41. The average molecular weight is 342 g/mol. The van der Waals surface area contributed by atoms with E-state index in [1.807, 2.05) is 4.90 Å². The van der Waals surface area contributed by atoms with Gasteiger partial charge in [-0.05, 0) is 43.5 Å². The summed E-state index contributed by atoms with van der Waals surface area (Å²) < 4.78 is 40.4. The number of halogens is 3. The molecule has 0 aliphatic carbocycles. The van der Waals surface area contributed by atoms with Crippen molar-refractivity contribution < 1.29 is 22.7 Å². The summed E-state index contributed by atoms with van der Waals surface area (Å²) in [6, 6.07) is 6.27. The van der Waals surface area contributed by atoms with Gasteiger partial charge in [0.2, 0.25) is 5.91 Å². The van der Waals surface area contributed by atoms with Crippen LogP contribution in [0.15, 0.2) is 24.3 Å². The van der Waals surface area contributed by atoms with Gasteiger partial charge >= 0.3 is 6.36 Å². The van der Waals surface area contributed by atoms with Crippen LogP contribution in [0.3, 0.4) is 0 Å². The van der Waals surface area contributed by atoms with Crippen LogP contribution in [0.1, 0.15) is 31.2 Å². The standard InChI is InChI=1S/C17H21F3N2O2/c18-17(19,20)24-15-7-5-13(6-8-15)11-21-9-1-3-14(12-21)22-10-2-4-16(22)23/h5-8,14H,1-4,9-12H2.